The Hall–Kier alpha value is -4.43. The van der Waals surface area contributed by atoms with Crippen LogP contribution in [0.2, 0.25) is 5.02 Å². The summed E-state index contributed by atoms with van der Waals surface area (Å²) < 4.78 is 5.75. The van der Waals surface area contributed by atoms with Crippen molar-refractivity contribution in [3.63, 3.8) is 0 Å². The van der Waals surface area contributed by atoms with Gasteiger partial charge in [-0.25, -0.2) is 4.90 Å². The van der Waals surface area contributed by atoms with Gasteiger partial charge in [-0.2, -0.15) is 0 Å². The minimum Gasteiger partial charge on any atom is -0.508 e. The number of phenols is 1. The topological polar surface area (TPSA) is 113 Å². The van der Waals surface area contributed by atoms with Crippen LogP contribution < -0.4 is 15.0 Å². The van der Waals surface area contributed by atoms with E-state index in [0.717, 1.165) is 5.57 Å². The summed E-state index contributed by atoms with van der Waals surface area (Å²) in [6, 6.07) is 20.6. The van der Waals surface area contributed by atoms with Crippen LogP contribution in [0, 0.1) is 23.7 Å². The number of hydrogen-bond donors (Lipinski definition) is 2. The molecule has 0 aromatic heterocycles. The Bertz CT molecular complexity index is 1700. The lowest BCUT2D eigenvalue weighted by atomic mass is 9.49. The number of nitrogens with zero attached hydrogens (tertiary/aromatic N) is 1. The fraction of sp³-hybridized carbons (Fsp3) is 0.273. The number of anilines is 1. The quantitative estimate of drug-likeness (QED) is 0.346. The SMILES string of the molecule is COc1cccc(O)c1C1C2=CCC3C(=O)NC(=O)C3C2CC2C(=O)N(c3cccc(Cl)c3)C(=O)C21c1ccccc1. The van der Waals surface area contributed by atoms with E-state index in [2.05, 4.69) is 5.32 Å². The number of fused-ring (bicyclic) bond motifs is 4. The van der Waals surface area contributed by atoms with Gasteiger partial charge in [0.25, 0.3) is 0 Å². The van der Waals surface area contributed by atoms with Crippen molar-refractivity contribution in [3.05, 3.63) is 101 Å². The summed E-state index contributed by atoms with van der Waals surface area (Å²) in [5.74, 6) is -4.85. The molecule has 4 aliphatic rings. The van der Waals surface area contributed by atoms with E-state index in [1.807, 2.05) is 36.4 Å². The summed E-state index contributed by atoms with van der Waals surface area (Å²) in [6.45, 7) is 0. The van der Waals surface area contributed by atoms with Gasteiger partial charge in [0.15, 0.2) is 0 Å². The van der Waals surface area contributed by atoms with Crippen LogP contribution in [0.4, 0.5) is 5.69 Å². The van der Waals surface area contributed by atoms with Gasteiger partial charge in [-0.1, -0.05) is 65.7 Å². The number of halogens is 1. The number of amides is 4. The van der Waals surface area contributed by atoms with Crippen molar-refractivity contribution in [1.29, 1.82) is 0 Å². The first-order chi connectivity index (χ1) is 20.3. The van der Waals surface area contributed by atoms with E-state index < -0.39 is 46.8 Å². The van der Waals surface area contributed by atoms with Crippen LogP contribution in [0.15, 0.2) is 84.4 Å². The molecule has 2 aliphatic heterocycles. The number of rotatable bonds is 4. The minimum atomic E-state index is -1.49. The Kier molecular flexibility index (Phi) is 6.02. The van der Waals surface area contributed by atoms with Gasteiger partial charge in [0.05, 0.1) is 36.0 Å². The molecule has 8 nitrogen and oxygen atoms in total. The lowest BCUT2D eigenvalue weighted by Crippen LogP contribution is -2.53. The van der Waals surface area contributed by atoms with Crippen molar-refractivity contribution in [2.45, 2.75) is 24.2 Å². The molecule has 2 N–H and O–H groups in total. The van der Waals surface area contributed by atoms with Gasteiger partial charge >= 0.3 is 0 Å². The molecule has 9 heteroatoms. The summed E-state index contributed by atoms with van der Waals surface area (Å²) in [7, 11) is 1.49. The number of carbonyl (C=O) groups is 4. The summed E-state index contributed by atoms with van der Waals surface area (Å²) in [4.78, 5) is 56.8. The second-order valence-corrected chi connectivity index (χ2v) is 11.8. The molecule has 0 radical (unpaired) electrons. The molecule has 1 saturated carbocycles. The lowest BCUT2D eigenvalue weighted by Gasteiger charge is -2.50. The molecule has 6 atom stereocenters. The maximum absolute atomic E-state index is 15.1. The van der Waals surface area contributed by atoms with E-state index in [-0.39, 0.29) is 24.0 Å². The van der Waals surface area contributed by atoms with Gasteiger partial charge in [0.2, 0.25) is 23.6 Å². The molecular weight excluding hydrogens is 556 g/mol. The molecule has 42 heavy (non-hydrogen) atoms. The molecule has 7 rings (SSSR count). The summed E-state index contributed by atoms with van der Waals surface area (Å²) in [5.41, 5.74) is 0.578. The zero-order valence-electron chi connectivity index (χ0n) is 22.6. The average Bonchev–Trinajstić information content (AvgIpc) is 3.41. The molecule has 0 bridgehead atoms. The third-order valence-corrected chi connectivity index (χ3v) is 9.80. The van der Waals surface area contributed by atoms with Crippen molar-refractivity contribution < 1.29 is 29.0 Å². The third kappa shape index (κ3) is 3.48. The number of phenolic OH excluding ortho intramolecular Hbond substituents is 1. The van der Waals surface area contributed by atoms with E-state index in [9.17, 15) is 19.5 Å². The fourth-order valence-electron chi connectivity index (χ4n) is 7.97. The number of carbonyl (C=O) groups excluding carboxylic acids is 4. The van der Waals surface area contributed by atoms with Crippen molar-refractivity contribution >= 4 is 40.9 Å². The van der Waals surface area contributed by atoms with Gasteiger partial charge in [-0.05, 0) is 54.7 Å². The van der Waals surface area contributed by atoms with Crippen molar-refractivity contribution in [3.8, 4) is 11.5 Å². The standard InChI is InChI=1S/C33H27ClN2O6/c1-42-25-12-6-11-24(37)27(25)28-20-13-14-21-26(30(39)35-29(21)38)22(20)16-23-31(40)36(19-10-5-9-18(34)15-19)32(41)33(23,28)17-7-3-2-4-8-17/h2-13,15,21-23,26,28,37H,14,16H2,1H3,(H,35,38,39). The first-order valence-corrected chi connectivity index (χ1v) is 14.3. The predicted molar refractivity (Wildman–Crippen MR) is 154 cm³/mol. The number of ether oxygens (including phenoxy) is 1. The third-order valence-electron chi connectivity index (χ3n) is 9.56. The highest BCUT2D eigenvalue weighted by molar-refractivity contribution is 6.32. The number of methoxy groups -OCH3 is 1. The first kappa shape index (κ1) is 26.5. The Morgan fingerprint density at radius 3 is 2.45 bits per heavy atom. The maximum atomic E-state index is 15.1. The summed E-state index contributed by atoms with van der Waals surface area (Å²) in [6.07, 6.45) is 2.41. The molecule has 3 fully saturated rings. The van der Waals surface area contributed by atoms with E-state index in [1.165, 1.54) is 18.1 Å². The van der Waals surface area contributed by atoms with Crippen LogP contribution >= 0.6 is 11.6 Å². The highest BCUT2D eigenvalue weighted by Crippen LogP contribution is 2.65. The zero-order chi connectivity index (χ0) is 29.3. The van der Waals surface area contributed by atoms with Crippen LogP contribution in [0.25, 0.3) is 0 Å². The van der Waals surface area contributed by atoms with Gasteiger partial charge < -0.3 is 9.84 Å². The number of allylic oxidation sites excluding steroid dienone is 2. The molecule has 212 valence electrons. The van der Waals surface area contributed by atoms with Gasteiger partial charge in [-0.3, -0.25) is 24.5 Å². The Morgan fingerprint density at radius 1 is 0.952 bits per heavy atom. The second-order valence-electron chi connectivity index (χ2n) is 11.3. The molecule has 0 spiro atoms. The molecule has 3 aromatic rings. The lowest BCUT2D eigenvalue weighted by molar-refractivity contribution is -0.128. The molecule has 2 saturated heterocycles. The van der Waals surface area contributed by atoms with E-state index in [0.29, 0.717) is 34.0 Å². The normalized spacial score (nSPS) is 29.9. The number of nitrogens with one attached hydrogen (secondary N) is 1. The molecule has 2 aliphatic carbocycles. The van der Waals surface area contributed by atoms with Crippen LogP contribution in [-0.2, 0) is 24.6 Å². The Morgan fingerprint density at radius 2 is 1.71 bits per heavy atom. The van der Waals surface area contributed by atoms with Crippen molar-refractivity contribution in [2.24, 2.45) is 23.7 Å². The average molecular weight is 583 g/mol. The molecule has 4 amide bonds. The highest BCUT2D eigenvalue weighted by atomic mass is 35.5. The number of imide groups is 2. The highest BCUT2D eigenvalue weighted by Gasteiger charge is 2.70. The van der Waals surface area contributed by atoms with Gasteiger partial charge in [-0.15, -0.1) is 0 Å². The zero-order valence-corrected chi connectivity index (χ0v) is 23.4. The van der Waals surface area contributed by atoms with Crippen molar-refractivity contribution in [1.82, 2.24) is 5.32 Å². The molecule has 3 aromatic carbocycles. The first-order valence-electron chi connectivity index (χ1n) is 13.9. The Balaban J connectivity index is 1.56. The maximum Gasteiger partial charge on any atom is 0.246 e. The van der Waals surface area contributed by atoms with Crippen LogP contribution in [0.1, 0.15) is 29.9 Å². The van der Waals surface area contributed by atoms with E-state index in [1.54, 1.807) is 36.4 Å². The van der Waals surface area contributed by atoms with Gasteiger partial charge in [0, 0.05) is 16.5 Å². The smallest absolute Gasteiger partial charge is 0.246 e. The van der Waals surface area contributed by atoms with E-state index in [4.69, 9.17) is 16.3 Å². The summed E-state index contributed by atoms with van der Waals surface area (Å²) >= 11 is 6.31. The molecular formula is C33H27ClN2O6. The number of benzene rings is 3. The van der Waals surface area contributed by atoms with E-state index >= 15 is 4.79 Å². The van der Waals surface area contributed by atoms with Gasteiger partial charge in [0.1, 0.15) is 11.5 Å². The van der Waals surface area contributed by atoms with Crippen LogP contribution in [-0.4, -0.2) is 35.8 Å². The second kappa shape index (κ2) is 9.56. The predicted octanol–water partition coefficient (Wildman–Crippen LogP) is 4.50. The monoisotopic (exact) mass is 582 g/mol. The largest absolute Gasteiger partial charge is 0.508 e. The fourth-order valence-corrected chi connectivity index (χ4v) is 8.15. The number of aromatic hydroxyl groups is 1. The van der Waals surface area contributed by atoms with Crippen LogP contribution in [0.5, 0.6) is 11.5 Å². The number of hydrogen-bond acceptors (Lipinski definition) is 6. The van der Waals surface area contributed by atoms with Crippen molar-refractivity contribution in [2.75, 3.05) is 12.0 Å². The minimum absolute atomic E-state index is 0.0921. The summed E-state index contributed by atoms with van der Waals surface area (Å²) in [5, 5.41) is 14.3. The van der Waals surface area contributed by atoms with Crippen LogP contribution in [0.3, 0.4) is 0 Å². The Labute approximate surface area is 246 Å². The molecule has 6 unspecified atom stereocenters. The molecule has 2 heterocycles.